The summed E-state index contributed by atoms with van der Waals surface area (Å²) >= 11 is 4.17. The number of hydrogen-bond donors (Lipinski definition) is 0. The molecule has 3 aromatic carbocycles. The first kappa shape index (κ1) is 31.2. The molecule has 1 saturated carbocycles. The van der Waals surface area contributed by atoms with Crippen LogP contribution in [0, 0.1) is 12.8 Å². The molecule has 0 bridgehead atoms. The van der Waals surface area contributed by atoms with Crippen LogP contribution >= 0.6 is 11.6 Å². The van der Waals surface area contributed by atoms with Gasteiger partial charge in [0.05, 0.1) is 23.2 Å². The van der Waals surface area contributed by atoms with Crippen molar-refractivity contribution in [2.75, 3.05) is 6.54 Å². The smallest absolute Gasteiger partial charge is 0.271 e. The zero-order valence-corrected chi connectivity index (χ0v) is 27.0. The molecule has 0 spiro atoms. The van der Waals surface area contributed by atoms with Crippen molar-refractivity contribution in [3.05, 3.63) is 101 Å². The summed E-state index contributed by atoms with van der Waals surface area (Å²) in [5.74, 6) is 0.307. The average molecular weight is 627 g/mol. The summed E-state index contributed by atoms with van der Waals surface area (Å²) in [6.45, 7) is 8.22. The van der Waals surface area contributed by atoms with Crippen LogP contribution in [0.25, 0.3) is 0 Å². The second-order valence-corrected chi connectivity index (χ2v) is 15.1. The van der Waals surface area contributed by atoms with Gasteiger partial charge in [-0.1, -0.05) is 99.0 Å². The predicted molar refractivity (Wildman–Crippen MR) is 170 cm³/mol. The van der Waals surface area contributed by atoms with E-state index in [2.05, 4.69) is 13.8 Å². The lowest BCUT2D eigenvalue weighted by Crippen LogP contribution is -2.66. The Morgan fingerprint density at radius 1 is 1.07 bits per heavy atom. The Labute approximate surface area is 258 Å². The van der Waals surface area contributed by atoms with Gasteiger partial charge >= 0.3 is 0 Å². The summed E-state index contributed by atoms with van der Waals surface area (Å²) < 4.78 is 54.1. The molecule has 2 unspecified atom stereocenters. The van der Waals surface area contributed by atoms with Gasteiger partial charge in [0, 0.05) is 10.4 Å². The fraction of sp³-hybridized carbons (Fsp3) is 0.424. The first-order valence-electron chi connectivity index (χ1n) is 14.6. The maximum absolute atomic E-state index is 13.8. The van der Waals surface area contributed by atoms with E-state index >= 15 is 0 Å². The molecule has 0 N–H and O–H groups in total. The van der Waals surface area contributed by atoms with E-state index in [9.17, 15) is 13.0 Å². The molecule has 1 heterocycles. The van der Waals surface area contributed by atoms with Gasteiger partial charge < -0.3 is 4.55 Å². The van der Waals surface area contributed by atoms with Gasteiger partial charge in [0.1, 0.15) is 0 Å². The maximum atomic E-state index is 13.8. The van der Waals surface area contributed by atoms with Crippen LogP contribution in [0.5, 0.6) is 0 Å². The molecule has 5 rings (SSSR count). The van der Waals surface area contributed by atoms with Crippen LogP contribution in [-0.4, -0.2) is 35.1 Å². The number of sulfonamides is 1. The van der Waals surface area contributed by atoms with E-state index < -0.39 is 33.3 Å². The second-order valence-electron chi connectivity index (χ2n) is 12.0. The molecule has 9 heteroatoms. The zero-order chi connectivity index (χ0) is 30.1. The van der Waals surface area contributed by atoms with Crippen LogP contribution in [0.1, 0.15) is 75.6 Å². The maximum Gasteiger partial charge on any atom is 0.271 e. The number of benzene rings is 3. The zero-order valence-electron chi connectivity index (χ0n) is 24.6. The van der Waals surface area contributed by atoms with Gasteiger partial charge in [-0.05, 0) is 78.3 Å². The Morgan fingerprint density at radius 2 is 1.71 bits per heavy atom. The third-order valence-electron chi connectivity index (χ3n) is 8.73. The highest BCUT2D eigenvalue weighted by Crippen LogP contribution is 2.51. The highest BCUT2D eigenvalue weighted by atomic mass is 35.5. The SMILES string of the molecule is CCC1(O[S+]([O-])/N=C(\CC(C)C)C2(c3ccc(Cl)cc3)CCC2)CN(S(=O)(=O)c2ccc(C)cc2)[C@@H]1c1ccccc1. The molecule has 2 aliphatic rings. The minimum absolute atomic E-state index is 0.0857. The first-order chi connectivity index (χ1) is 20.0. The van der Waals surface area contributed by atoms with Gasteiger partial charge in [0.25, 0.3) is 11.6 Å². The highest BCUT2D eigenvalue weighted by molar-refractivity contribution is 7.89. The molecule has 0 aromatic heterocycles. The monoisotopic (exact) mass is 626 g/mol. The van der Waals surface area contributed by atoms with Crippen molar-refractivity contribution in [1.29, 1.82) is 0 Å². The Morgan fingerprint density at radius 3 is 2.26 bits per heavy atom. The minimum Gasteiger partial charge on any atom is -0.559 e. The fourth-order valence-electron chi connectivity index (χ4n) is 6.20. The van der Waals surface area contributed by atoms with Crippen LogP contribution in [-0.2, 0) is 31.3 Å². The molecule has 1 aliphatic heterocycles. The van der Waals surface area contributed by atoms with Crippen LogP contribution < -0.4 is 0 Å². The normalized spacial score (nSPS) is 23.3. The second kappa shape index (κ2) is 12.4. The summed E-state index contributed by atoms with van der Waals surface area (Å²) in [7, 11) is -3.82. The van der Waals surface area contributed by atoms with Crippen LogP contribution in [0.2, 0.25) is 5.02 Å². The number of aryl methyl sites for hydroxylation is 1. The average Bonchev–Trinajstić information content (AvgIpc) is 2.91. The molecule has 3 aromatic rings. The van der Waals surface area contributed by atoms with E-state index in [-0.39, 0.29) is 16.9 Å². The van der Waals surface area contributed by atoms with Gasteiger partial charge in [0.2, 0.25) is 10.0 Å². The van der Waals surface area contributed by atoms with Crippen molar-refractivity contribution in [3.63, 3.8) is 0 Å². The quantitative estimate of drug-likeness (QED) is 0.161. The molecule has 224 valence electrons. The van der Waals surface area contributed by atoms with Crippen molar-refractivity contribution < 1.29 is 17.2 Å². The summed E-state index contributed by atoms with van der Waals surface area (Å²) in [6, 6.07) is 23.5. The molecule has 1 aliphatic carbocycles. The highest BCUT2D eigenvalue weighted by Gasteiger charge is 2.61. The predicted octanol–water partition coefficient (Wildman–Crippen LogP) is 7.75. The summed E-state index contributed by atoms with van der Waals surface area (Å²) in [6.07, 6.45) is 4.06. The van der Waals surface area contributed by atoms with E-state index in [1.165, 1.54) is 4.31 Å². The standard InChI is InChI=1S/C33H39ClN2O4S2/c1-5-33(23-36(31(33)26-10-7-6-8-11-26)42(38,39)29-18-12-25(4)13-19-29)40-41(37)35-30(22-24(2)3)32(20-9-21-32)27-14-16-28(34)17-15-27/h6-8,10-19,24,31H,5,9,20-23H2,1-4H3/b35-30+/t31-,33?,41?/m1/s1. The topological polar surface area (TPSA) is 82.0 Å². The lowest BCUT2D eigenvalue weighted by molar-refractivity contribution is -0.0924. The van der Waals surface area contributed by atoms with Gasteiger partial charge in [-0.2, -0.15) is 4.31 Å². The first-order valence-corrected chi connectivity index (χ1v) is 17.4. The third kappa shape index (κ3) is 5.94. The number of hydrogen-bond acceptors (Lipinski definition) is 5. The third-order valence-corrected chi connectivity index (χ3v) is 11.7. The molecule has 6 nitrogen and oxygen atoms in total. The van der Waals surface area contributed by atoms with Gasteiger partial charge in [0.15, 0.2) is 5.60 Å². The van der Waals surface area contributed by atoms with Crippen molar-refractivity contribution >= 4 is 39.0 Å². The lowest BCUT2D eigenvalue weighted by atomic mass is 9.60. The van der Waals surface area contributed by atoms with Crippen molar-refractivity contribution in [3.8, 4) is 0 Å². The van der Waals surface area contributed by atoms with Crippen molar-refractivity contribution in [2.45, 2.75) is 81.8 Å². The molecule has 3 atom stereocenters. The molecule has 0 amide bonds. The number of rotatable bonds is 11. The van der Waals surface area contributed by atoms with Crippen LogP contribution in [0.15, 0.2) is 88.2 Å². The van der Waals surface area contributed by atoms with E-state index in [0.29, 0.717) is 23.8 Å². The molecule has 0 radical (unpaired) electrons. The van der Waals surface area contributed by atoms with Crippen molar-refractivity contribution in [1.82, 2.24) is 4.31 Å². The number of halogens is 1. The molecular formula is C33H39ClN2O4S2. The Hall–Kier alpha value is -2.20. The van der Waals surface area contributed by atoms with Gasteiger partial charge in [-0.15, -0.1) is 4.18 Å². The molecular weight excluding hydrogens is 588 g/mol. The largest absolute Gasteiger partial charge is 0.559 e. The lowest BCUT2D eigenvalue weighted by Gasteiger charge is -2.53. The Kier molecular flexibility index (Phi) is 9.24. The summed E-state index contributed by atoms with van der Waals surface area (Å²) in [4.78, 5) is 0.229. The van der Waals surface area contributed by atoms with E-state index in [4.69, 9.17) is 20.2 Å². The van der Waals surface area contributed by atoms with Crippen LogP contribution in [0.4, 0.5) is 0 Å². The van der Waals surface area contributed by atoms with Crippen LogP contribution in [0.3, 0.4) is 0 Å². The summed E-state index contributed by atoms with van der Waals surface area (Å²) in [5.41, 5.74) is 2.48. The summed E-state index contributed by atoms with van der Waals surface area (Å²) in [5, 5.41) is 0.675. The Balaban J connectivity index is 1.49. The molecule has 2 fully saturated rings. The fourth-order valence-corrected chi connectivity index (χ4v) is 9.07. The van der Waals surface area contributed by atoms with Gasteiger partial charge in [-0.25, -0.2) is 8.42 Å². The molecule has 42 heavy (non-hydrogen) atoms. The van der Waals surface area contributed by atoms with E-state index in [1.807, 2.05) is 68.4 Å². The van der Waals surface area contributed by atoms with E-state index in [0.717, 1.165) is 41.7 Å². The van der Waals surface area contributed by atoms with E-state index in [1.54, 1.807) is 24.3 Å². The Bertz CT molecular complexity index is 1510. The van der Waals surface area contributed by atoms with Crippen molar-refractivity contribution in [2.24, 2.45) is 10.3 Å². The number of nitrogens with zero attached hydrogens (tertiary/aromatic N) is 2. The molecule has 1 saturated heterocycles. The van der Waals surface area contributed by atoms with Gasteiger partial charge in [-0.3, -0.25) is 0 Å². The minimum atomic E-state index is -3.82.